The van der Waals surface area contributed by atoms with E-state index >= 15 is 0 Å². The zero-order valence-corrected chi connectivity index (χ0v) is 24.1. The van der Waals surface area contributed by atoms with Crippen LogP contribution in [0.3, 0.4) is 0 Å². The number of halogens is 1. The molecule has 0 saturated carbocycles. The van der Waals surface area contributed by atoms with Gasteiger partial charge in [-0.25, -0.2) is 9.18 Å². The van der Waals surface area contributed by atoms with Gasteiger partial charge in [0.15, 0.2) is 6.03 Å². The summed E-state index contributed by atoms with van der Waals surface area (Å²) in [7, 11) is 0. The van der Waals surface area contributed by atoms with Crippen molar-refractivity contribution in [3.05, 3.63) is 41.0 Å². The summed E-state index contributed by atoms with van der Waals surface area (Å²) in [6.45, 7) is 8.32. The summed E-state index contributed by atoms with van der Waals surface area (Å²) in [6, 6.07) is 5.91. The van der Waals surface area contributed by atoms with Gasteiger partial charge in [-0.05, 0) is 58.1 Å². The first kappa shape index (κ1) is 30.4. The number of aliphatic carboxylic acids is 1. The third-order valence-corrected chi connectivity index (χ3v) is 3.09. The zero-order chi connectivity index (χ0) is 21.7. The molecule has 0 radical (unpaired) electrons. The number of amides is 3. The number of urea groups is 1. The number of nitrogens with zero attached hydrogens (tertiary/aromatic N) is 2. The second kappa shape index (κ2) is 16.0. The van der Waals surface area contributed by atoms with Crippen molar-refractivity contribution in [2.75, 3.05) is 13.1 Å². The van der Waals surface area contributed by atoms with Gasteiger partial charge in [0, 0.05) is 6.92 Å². The van der Waals surface area contributed by atoms with Crippen LogP contribution in [0, 0.1) is 5.82 Å². The first-order valence-electron chi connectivity index (χ1n) is 8.79. The fourth-order valence-corrected chi connectivity index (χ4v) is 2.06. The molecule has 1 fully saturated rings. The molecular weight excluding hydrogens is 502 g/mol. The molecule has 1 aliphatic rings. The number of carboxylic acid groups (broad SMARTS) is 1. The molecule has 1 aliphatic heterocycles. The molecule has 1 saturated heterocycles. The van der Waals surface area contributed by atoms with E-state index in [-0.39, 0.29) is 80.7 Å². The number of hydrogen-bond donors (Lipinski definition) is 2. The van der Waals surface area contributed by atoms with Crippen molar-refractivity contribution in [3.63, 3.8) is 0 Å². The number of primary amides is 1. The number of carboxylic acids is 1. The number of hydrogen-bond acceptors (Lipinski definition) is 4. The third kappa shape index (κ3) is 19.0. The topological polar surface area (TPSA) is 124 Å². The Morgan fingerprint density at radius 3 is 1.97 bits per heavy atom. The Labute approximate surface area is 230 Å². The Hall–Kier alpha value is -0.788. The molecule has 3 N–H and O–H groups in total. The van der Waals surface area contributed by atoms with Gasteiger partial charge in [0.05, 0.1) is 0 Å². The molecule has 0 unspecified atom stereocenters. The molecule has 0 aliphatic carbocycles. The van der Waals surface area contributed by atoms with Crippen LogP contribution in [0.15, 0.2) is 24.3 Å². The van der Waals surface area contributed by atoms with E-state index in [4.69, 9.17) is 15.6 Å². The van der Waals surface area contributed by atoms with Crippen LogP contribution in [-0.2, 0) is 16.1 Å². The third-order valence-electron chi connectivity index (χ3n) is 3.09. The maximum absolute atomic E-state index is 12.6. The maximum atomic E-state index is 12.6. The number of nitrogens with two attached hydrogens (primary N) is 1. The van der Waals surface area contributed by atoms with Crippen LogP contribution in [0.2, 0.25) is 0 Å². The fraction of sp³-hybridized carbons (Fsp3) is 0.526. The maximum Gasteiger partial charge on any atom is 1.00 e. The first-order chi connectivity index (χ1) is 12.9. The van der Waals surface area contributed by atoms with E-state index in [0.29, 0.717) is 6.54 Å². The van der Waals surface area contributed by atoms with Crippen molar-refractivity contribution in [2.45, 2.75) is 52.7 Å². The van der Waals surface area contributed by atoms with Gasteiger partial charge in [-0.1, -0.05) is 25.0 Å². The minimum absolute atomic E-state index is 0. The molecule has 0 bridgehead atoms. The van der Waals surface area contributed by atoms with Crippen LogP contribution in [-0.4, -0.2) is 46.8 Å². The molecule has 1 heterocycles. The van der Waals surface area contributed by atoms with E-state index in [1.807, 2.05) is 0 Å². The number of likely N-dealkylation sites (tertiary alicyclic amines) is 1. The summed E-state index contributed by atoms with van der Waals surface area (Å²) in [5, 5.41) is 11.4. The summed E-state index contributed by atoms with van der Waals surface area (Å²) < 4.78 is 17.2. The van der Waals surface area contributed by atoms with Crippen molar-refractivity contribution in [2.24, 2.45) is 5.73 Å². The minimum atomic E-state index is -0.833. The van der Waals surface area contributed by atoms with Crippen molar-refractivity contribution < 1.29 is 97.5 Å². The molecule has 1 aromatic carbocycles. The van der Waals surface area contributed by atoms with Crippen LogP contribution in [0.4, 0.5) is 14.0 Å². The minimum Gasteiger partial charge on any atom is -0.481 e. The van der Waals surface area contributed by atoms with Gasteiger partial charge < -0.3 is 25.8 Å². The predicted molar refractivity (Wildman–Crippen MR) is 103 cm³/mol. The van der Waals surface area contributed by atoms with Gasteiger partial charge in [-0.2, -0.15) is 0 Å². The van der Waals surface area contributed by atoms with Crippen molar-refractivity contribution >= 4 is 18.1 Å². The number of ether oxygens (including phenoxy) is 1. The second-order valence-corrected chi connectivity index (χ2v) is 6.97. The zero-order valence-electron chi connectivity index (χ0n) is 17.8. The molecular formula is C19H29CsFN3O5. The smallest absolute Gasteiger partial charge is 0.481 e. The van der Waals surface area contributed by atoms with Gasteiger partial charge in [-0.3, -0.25) is 9.59 Å². The Balaban J connectivity index is 0. The molecule has 10 heteroatoms. The number of carbonyl (C=O) groups excluding carboxylic acids is 2. The molecule has 158 valence electrons. The van der Waals surface area contributed by atoms with Crippen LogP contribution in [0.5, 0.6) is 0 Å². The first-order valence-corrected chi connectivity index (χ1v) is 8.79. The van der Waals surface area contributed by atoms with Crippen molar-refractivity contribution in [1.29, 1.82) is 0 Å². The standard InChI is InChI=1S/C12H15FN2O.C5H11NO2.C2H4O2.Cs/c13-11-5-3-10(4-6-11)9-14-12(16)15-7-1-2-8-15;1-5(2,3)8-4(6)7;1-2(3)4;/h3-6H,1-2,7-9H2,(H,14,16);1-3H3,(H2,6,7);1H3,(H,3,4);/q;;;+1/p-1. The Morgan fingerprint density at radius 2 is 1.62 bits per heavy atom. The molecule has 29 heavy (non-hydrogen) atoms. The average Bonchev–Trinajstić information content (AvgIpc) is 3.06. The quantitative estimate of drug-likeness (QED) is 0.587. The average molecular weight is 531 g/mol. The van der Waals surface area contributed by atoms with E-state index in [1.54, 1.807) is 37.8 Å². The molecule has 8 nitrogen and oxygen atoms in total. The predicted octanol–water partition coefficient (Wildman–Crippen LogP) is 0.890. The monoisotopic (exact) mass is 531 g/mol. The second-order valence-electron chi connectivity index (χ2n) is 6.97. The molecule has 2 rings (SSSR count). The molecule has 0 atom stereocenters. The van der Waals surface area contributed by atoms with Gasteiger partial charge in [0.1, 0.15) is 11.4 Å². The number of rotatable bonds is 2. The summed E-state index contributed by atoms with van der Waals surface area (Å²) in [5.41, 5.74) is 5.12. The van der Waals surface area contributed by atoms with Crippen molar-refractivity contribution in [1.82, 2.24) is 4.90 Å². The SMILES string of the molecule is CC(=O)O.CC(C)(C)OC(N)=O.O=C([N-]Cc1ccc(F)cc1)N1CCCC1.[Cs+]. The summed E-state index contributed by atoms with van der Waals surface area (Å²) in [6.07, 6.45) is 1.41. The van der Waals surface area contributed by atoms with Gasteiger partial charge in [0.2, 0.25) is 0 Å². The number of benzene rings is 1. The largest absolute Gasteiger partial charge is 1.00 e. The van der Waals surface area contributed by atoms with Gasteiger partial charge in [0.25, 0.3) is 5.97 Å². The van der Waals surface area contributed by atoms with Gasteiger partial charge >= 0.3 is 75.0 Å². The Kier molecular flexibility index (Phi) is 16.7. The Bertz CT molecular complexity index is 626. The normalized spacial score (nSPS) is 12.2. The molecule has 1 aromatic rings. The summed E-state index contributed by atoms with van der Waals surface area (Å²) in [5.74, 6) is -1.10. The summed E-state index contributed by atoms with van der Waals surface area (Å²) in [4.78, 5) is 32.3. The molecule has 3 amide bonds. The fourth-order valence-electron chi connectivity index (χ4n) is 2.06. The van der Waals surface area contributed by atoms with E-state index in [0.717, 1.165) is 38.4 Å². The van der Waals surface area contributed by atoms with Crippen LogP contribution in [0.1, 0.15) is 46.1 Å². The van der Waals surface area contributed by atoms with E-state index in [9.17, 15) is 14.0 Å². The van der Waals surface area contributed by atoms with E-state index in [2.05, 4.69) is 10.1 Å². The van der Waals surface area contributed by atoms with Crippen LogP contribution in [0.25, 0.3) is 5.32 Å². The summed E-state index contributed by atoms with van der Waals surface area (Å²) >= 11 is 0. The van der Waals surface area contributed by atoms with Crippen molar-refractivity contribution in [3.8, 4) is 0 Å². The van der Waals surface area contributed by atoms with Crippen LogP contribution < -0.4 is 74.6 Å². The number of carbonyl (C=O) groups is 3. The van der Waals surface area contributed by atoms with Gasteiger partial charge in [-0.15, -0.1) is 0 Å². The molecule has 0 spiro atoms. The van der Waals surface area contributed by atoms with Crippen LogP contribution >= 0.6 is 0 Å². The van der Waals surface area contributed by atoms with E-state index in [1.165, 1.54) is 12.1 Å². The van der Waals surface area contributed by atoms with E-state index < -0.39 is 17.7 Å². The molecule has 0 aromatic heterocycles. The Morgan fingerprint density at radius 1 is 1.17 bits per heavy atom.